The number of allylic oxidation sites excluding steroid dienone is 1. The highest BCUT2D eigenvalue weighted by atomic mass is 16.6. The highest BCUT2D eigenvalue weighted by molar-refractivity contribution is 6.00. The van der Waals surface area contributed by atoms with Crippen LogP contribution in [0, 0.1) is 5.41 Å². The van der Waals surface area contributed by atoms with Crippen LogP contribution in [-0.4, -0.2) is 16.1 Å². The molecule has 0 fully saturated rings. The molecule has 2 aliphatic rings. The van der Waals surface area contributed by atoms with Gasteiger partial charge in [-0.05, 0) is 39.2 Å². The fourth-order valence-electron chi connectivity index (χ4n) is 3.82. The largest absolute Gasteiger partial charge is 0.353 e. The van der Waals surface area contributed by atoms with E-state index in [2.05, 4.69) is 72.9 Å². The molecule has 4 rings (SSSR count). The van der Waals surface area contributed by atoms with Crippen LogP contribution >= 0.6 is 0 Å². The van der Waals surface area contributed by atoms with Crippen molar-refractivity contribution < 1.29 is 9.42 Å². The summed E-state index contributed by atoms with van der Waals surface area (Å²) in [5, 5.41) is 14.5. The number of Topliss-reactive ketones (excluding diaryl/α,β-unsaturated/α-hetero) is 1. The number of anilines is 2. The Bertz CT molecular complexity index is 877. The third kappa shape index (κ3) is 2.89. The molecule has 2 aromatic rings. The number of ketones is 1. The molecule has 136 valence electrons. The van der Waals surface area contributed by atoms with E-state index in [1.54, 1.807) is 0 Å². The number of carbonyl (C=O) groups excluding carboxylic acids is 1. The highest BCUT2D eigenvalue weighted by Crippen LogP contribution is 2.44. The summed E-state index contributed by atoms with van der Waals surface area (Å²) in [6.45, 7) is 8.57. The van der Waals surface area contributed by atoms with Gasteiger partial charge in [-0.15, -0.1) is 0 Å². The van der Waals surface area contributed by atoms with Gasteiger partial charge in [0.25, 0.3) is 0 Å². The Hall–Kier alpha value is -2.63. The third-order valence-electron chi connectivity index (χ3n) is 5.18. The zero-order valence-electron chi connectivity index (χ0n) is 15.6. The van der Waals surface area contributed by atoms with Crippen molar-refractivity contribution in [2.24, 2.45) is 5.41 Å². The topological polar surface area (TPSA) is 80.1 Å². The van der Waals surface area contributed by atoms with Gasteiger partial charge in [0.2, 0.25) is 11.6 Å². The lowest BCUT2D eigenvalue weighted by atomic mass is 9.73. The van der Waals surface area contributed by atoms with Gasteiger partial charge in [-0.3, -0.25) is 4.79 Å². The highest BCUT2D eigenvalue weighted by Gasteiger charge is 2.39. The molecular weight excluding hydrogens is 328 g/mol. The van der Waals surface area contributed by atoms with Gasteiger partial charge in [-0.1, -0.05) is 52.0 Å². The summed E-state index contributed by atoms with van der Waals surface area (Å²) in [5.74, 6) is 1.69. The molecule has 1 aromatic heterocycles. The second kappa shape index (κ2) is 5.97. The predicted molar refractivity (Wildman–Crippen MR) is 99.9 cm³/mol. The quantitative estimate of drug-likeness (QED) is 0.833. The summed E-state index contributed by atoms with van der Waals surface area (Å²) in [6.07, 6.45) is 1.31. The molecule has 0 saturated heterocycles. The Labute approximate surface area is 153 Å². The molecule has 6 nitrogen and oxygen atoms in total. The van der Waals surface area contributed by atoms with Gasteiger partial charge in [0.1, 0.15) is 0 Å². The van der Waals surface area contributed by atoms with Gasteiger partial charge in [0.15, 0.2) is 5.78 Å². The van der Waals surface area contributed by atoms with E-state index in [0.717, 1.165) is 23.3 Å². The molecule has 2 heterocycles. The minimum absolute atomic E-state index is 0.0867. The summed E-state index contributed by atoms with van der Waals surface area (Å²) >= 11 is 0. The van der Waals surface area contributed by atoms with Crippen LogP contribution in [0.4, 0.5) is 11.6 Å². The number of carbonyl (C=O) groups is 1. The van der Waals surface area contributed by atoms with Crippen LogP contribution in [0.3, 0.4) is 0 Å². The lowest BCUT2D eigenvalue weighted by Crippen LogP contribution is -2.31. The van der Waals surface area contributed by atoms with Crippen LogP contribution in [0.25, 0.3) is 0 Å². The summed E-state index contributed by atoms with van der Waals surface area (Å²) in [7, 11) is 0. The third-order valence-corrected chi connectivity index (χ3v) is 5.18. The first-order chi connectivity index (χ1) is 12.3. The van der Waals surface area contributed by atoms with Gasteiger partial charge in [0, 0.05) is 17.7 Å². The molecule has 0 spiro atoms. The molecular formula is C20H24N4O2. The maximum absolute atomic E-state index is 13.0. The number of rotatable bonds is 2. The van der Waals surface area contributed by atoms with E-state index in [1.807, 2.05) is 0 Å². The molecule has 2 N–H and O–H groups in total. The van der Waals surface area contributed by atoms with Crippen molar-refractivity contribution in [2.75, 3.05) is 10.6 Å². The van der Waals surface area contributed by atoms with Crippen LogP contribution in [0.5, 0.6) is 0 Å². The van der Waals surface area contributed by atoms with Crippen molar-refractivity contribution in [2.45, 2.75) is 52.5 Å². The number of benzene rings is 1. The SMILES string of the molecule is CC(C)c1ccc(C2Nc3nonc3NC3=C2C(=O)CC(C)(C)C3)cc1. The molecule has 0 bridgehead atoms. The predicted octanol–water partition coefficient (Wildman–Crippen LogP) is 4.41. The minimum atomic E-state index is -0.268. The molecule has 1 aliphatic carbocycles. The van der Waals surface area contributed by atoms with E-state index in [-0.39, 0.29) is 17.2 Å². The molecule has 1 atom stereocenters. The first-order valence-corrected chi connectivity index (χ1v) is 9.06. The zero-order valence-corrected chi connectivity index (χ0v) is 15.6. The molecule has 1 aliphatic heterocycles. The monoisotopic (exact) mass is 352 g/mol. The maximum Gasteiger partial charge on any atom is 0.219 e. The smallest absolute Gasteiger partial charge is 0.219 e. The van der Waals surface area contributed by atoms with Crippen molar-refractivity contribution in [1.82, 2.24) is 10.3 Å². The molecule has 26 heavy (non-hydrogen) atoms. The number of nitrogens with zero attached hydrogens (tertiary/aromatic N) is 2. The van der Waals surface area contributed by atoms with Crippen molar-refractivity contribution >= 4 is 17.4 Å². The maximum atomic E-state index is 13.0. The number of hydrogen-bond donors (Lipinski definition) is 2. The van der Waals surface area contributed by atoms with Gasteiger partial charge in [-0.25, -0.2) is 4.63 Å². The van der Waals surface area contributed by atoms with Crippen molar-refractivity contribution in [1.29, 1.82) is 0 Å². The van der Waals surface area contributed by atoms with Crippen molar-refractivity contribution in [3.63, 3.8) is 0 Å². The molecule has 0 amide bonds. The average Bonchev–Trinajstić information content (AvgIpc) is 2.93. The Balaban J connectivity index is 1.82. The molecule has 6 heteroatoms. The zero-order chi connectivity index (χ0) is 18.5. The Kier molecular flexibility index (Phi) is 3.86. The number of fused-ring (bicyclic) bond motifs is 1. The standard InChI is InChI=1S/C20H24N4O2/c1-11(2)12-5-7-13(8-6-12)17-16-14(9-20(3,4)10-15(16)25)21-18-19(22-17)24-26-23-18/h5-8,11,17H,9-10H2,1-4H3,(H,21,23)(H,22,24). The van der Waals surface area contributed by atoms with Crippen LogP contribution in [0.2, 0.25) is 0 Å². The number of hydrogen-bond acceptors (Lipinski definition) is 6. The Morgan fingerprint density at radius 2 is 1.81 bits per heavy atom. The van der Waals surface area contributed by atoms with Crippen LogP contribution in [0.15, 0.2) is 40.2 Å². The average molecular weight is 352 g/mol. The molecule has 1 unspecified atom stereocenters. The fraction of sp³-hybridized carbons (Fsp3) is 0.450. The first-order valence-electron chi connectivity index (χ1n) is 9.06. The van der Waals surface area contributed by atoms with Gasteiger partial charge >= 0.3 is 0 Å². The van der Waals surface area contributed by atoms with Crippen molar-refractivity contribution in [3.8, 4) is 0 Å². The van der Waals surface area contributed by atoms with Gasteiger partial charge in [0.05, 0.1) is 6.04 Å². The van der Waals surface area contributed by atoms with Crippen LogP contribution in [0.1, 0.15) is 63.6 Å². The summed E-state index contributed by atoms with van der Waals surface area (Å²) in [4.78, 5) is 13.0. The lowest BCUT2D eigenvalue weighted by Gasteiger charge is -2.34. The second-order valence-corrected chi connectivity index (χ2v) is 8.32. The second-order valence-electron chi connectivity index (χ2n) is 8.32. The van der Waals surface area contributed by atoms with E-state index in [1.165, 1.54) is 5.56 Å². The van der Waals surface area contributed by atoms with E-state index in [0.29, 0.717) is 24.0 Å². The van der Waals surface area contributed by atoms with Gasteiger partial charge in [-0.2, -0.15) is 0 Å². The van der Waals surface area contributed by atoms with Gasteiger partial charge < -0.3 is 10.6 Å². The van der Waals surface area contributed by atoms with E-state index < -0.39 is 0 Å². The minimum Gasteiger partial charge on any atom is -0.353 e. The fourth-order valence-corrected chi connectivity index (χ4v) is 3.82. The van der Waals surface area contributed by atoms with Crippen molar-refractivity contribution in [3.05, 3.63) is 46.7 Å². The summed E-state index contributed by atoms with van der Waals surface area (Å²) in [5.41, 5.74) is 3.91. The van der Waals surface area contributed by atoms with E-state index >= 15 is 0 Å². The van der Waals surface area contributed by atoms with E-state index in [4.69, 9.17) is 4.63 Å². The molecule has 1 aromatic carbocycles. The summed E-state index contributed by atoms with van der Waals surface area (Å²) < 4.78 is 4.88. The normalized spacial score (nSPS) is 21.6. The molecule has 0 radical (unpaired) electrons. The lowest BCUT2D eigenvalue weighted by molar-refractivity contribution is -0.118. The summed E-state index contributed by atoms with van der Waals surface area (Å²) in [6, 6.07) is 8.15. The number of nitrogens with one attached hydrogen (secondary N) is 2. The Morgan fingerprint density at radius 3 is 2.50 bits per heavy atom. The van der Waals surface area contributed by atoms with Crippen LogP contribution in [-0.2, 0) is 4.79 Å². The van der Waals surface area contributed by atoms with Crippen LogP contribution < -0.4 is 10.6 Å². The molecule has 0 saturated carbocycles. The first kappa shape index (κ1) is 16.8. The number of aromatic nitrogens is 2. The van der Waals surface area contributed by atoms with E-state index in [9.17, 15) is 4.79 Å². The Morgan fingerprint density at radius 1 is 1.12 bits per heavy atom.